The molecule has 7 N–H and O–H groups in total. The minimum absolute atomic E-state index is 0.0349. The molecular formula is C35H52N6O7. The van der Waals surface area contributed by atoms with E-state index in [0.717, 1.165) is 19.3 Å². The average molecular weight is 670 g/mol. The van der Waals surface area contributed by atoms with E-state index in [2.05, 4.69) is 15.6 Å². The first-order chi connectivity index (χ1) is 23.2. The second-order valence-corrected chi connectivity index (χ2v) is 14.7. The van der Waals surface area contributed by atoms with Crippen LogP contribution in [0.1, 0.15) is 84.5 Å². The lowest BCUT2D eigenvalue weighted by Gasteiger charge is -2.57. The molecule has 5 fully saturated rings. The van der Waals surface area contributed by atoms with Gasteiger partial charge in [-0.1, -0.05) is 6.07 Å². The van der Waals surface area contributed by atoms with Crippen LogP contribution in [-0.4, -0.2) is 84.6 Å². The van der Waals surface area contributed by atoms with Crippen molar-refractivity contribution in [2.75, 3.05) is 27.3 Å². The van der Waals surface area contributed by atoms with Crippen LogP contribution in [0.4, 0.5) is 0 Å². The Labute approximate surface area is 283 Å². The zero-order valence-corrected chi connectivity index (χ0v) is 28.4. The molecule has 3 atom stereocenters. The summed E-state index contributed by atoms with van der Waals surface area (Å²) in [4.78, 5) is 59.7. The molecule has 3 amide bonds. The fourth-order valence-corrected chi connectivity index (χ4v) is 9.09. The third-order valence-electron chi connectivity index (χ3n) is 10.8. The highest BCUT2D eigenvalue weighted by atomic mass is 16.5. The van der Waals surface area contributed by atoms with E-state index in [1.54, 1.807) is 18.2 Å². The van der Waals surface area contributed by atoms with Crippen LogP contribution in [0.15, 0.2) is 23.2 Å². The minimum atomic E-state index is -1.91. The highest BCUT2D eigenvalue weighted by Crippen LogP contribution is 2.61. The van der Waals surface area contributed by atoms with Crippen molar-refractivity contribution in [1.82, 2.24) is 15.5 Å². The SMILES string of the molecule is [2H][C@@]1(C(=O)N[C@@](C)(Cc2ccc(OC)c(OC)c2)C(=O)N[C@@H](CCCN=C(N)N)C(=O)O)CCCN1C(=O)CC12CC3CC(CC(C3)C1)C2. The highest BCUT2D eigenvalue weighted by molar-refractivity contribution is 5.96. The molecule has 0 unspecified atom stereocenters. The Morgan fingerprint density at radius 3 is 2.33 bits per heavy atom. The fraction of sp³-hybridized carbons (Fsp3) is 0.686. The summed E-state index contributed by atoms with van der Waals surface area (Å²) in [6, 6.07) is 1.86. The Morgan fingerprint density at radius 2 is 1.75 bits per heavy atom. The van der Waals surface area contributed by atoms with Gasteiger partial charge < -0.3 is 41.6 Å². The molecule has 1 saturated heterocycles. The van der Waals surface area contributed by atoms with Crippen molar-refractivity contribution < 1.29 is 35.1 Å². The van der Waals surface area contributed by atoms with Crippen molar-refractivity contribution in [3.8, 4) is 11.5 Å². The van der Waals surface area contributed by atoms with Crippen molar-refractivity contribution >= 4 is 29.7 Å². The molecule has 4 saturated carbocycles. The first kappa shape index (κ1) is 33.9. The van der Waals surface area contributed by atoms with E-state index in [9.17, 15) is 25.7 Å². The van der Waals surface area contributed by atoms with Gasteiger partial charge in [-0.3, -0.25) is 19.4 Å². The largest absolute Gasteiger partial charge is 0.493 e. The number of ether oxygens (including phenoxy) is 2. The molecule has 4 bridgehead atoms. The van der Waals surface area contributed by atoms with E-state index in [-0.39, 0.29) is 56.1 Å². The van der Waals surface area contributed by atoms with Gasteiger partial charge >= 0.3 is 5.97 Å². The normalized spacial score (nSPS) is 29.3. The Morgan fingerprint density at radius 1 is 1.10 bits per heavy atom. The van der Waals surface area contributed by atoms with Crippen molar-refractivity contribution in [3.05, 3.63) is 23.8 Å². The number of benzene rings is 1. The number of aliphatic imine (C=N–C) groups is 1. The lowest BCUT2D eigenvalue weighted by Crippen LogP contribution is -2.63. The summed E-state index contributed by atoms with van der Waals surface area (Å²) in [5, 5.41) is 15.3. The summed E-state index contributed by atoms with van der Waals surface area (Å²) in [5.74, 6) is -0.212. The number of hydrogen-bond acceptors (Lipinski definition) is 7. The standard InChI is InChI=1S/C35H52N6O7/c1-34(16-21-8-9-27(47-2)28(15-21)48-3,32(46)39-25(31(44)45)6-4-10-38-33(36)37)40-30(43)26-7-5-11-41(26)29(42)20-35-17-22-12-23(18-35)14-24(13-22)19-35/h8-9,15,22-26H,4-7,10-14,16-20H2,1-3H3,(H,39,46)(H,40,43)(H,44,45)(H4,36,37,38)/t22?,23?,24?,25-,26-,34-,35?/m0/s1/i26D. The second-order valence-electron chi connectivity index (χ2n) is 14.7. The van der Waals surface area contributed by atoms with Crippen molar-refractivity contribution in [3.63, 3.8) is 0 Å². The summed E-state index contributed by atoms with van der Waals surface area (Å²) in [6.07, 6.45) is 8.07. The van der Waals surface area contributed by atoms with Gasteiger partial charge in [-0.05, 0) is 112 Å². The van der Waals surface area contributed by atoms with Crippen LogP contribution in [0, 0.1) is 23.2 Å². The van der Waals surface area contributed by atoms with Crippen LogP contribution in [-0.2, 0) is 25.6 Å². The quantitative estimate of drug-likeness (QED) is 0.106. The zero-order chi connectivity index (χ0) is 35.6. The molecule has 5 aliphatic rings. The number of amides is 3. The monoisotopic (exact) mass is 669 g/mol. The number of carboxylic acids is 1. The molecule has 48 heavy (non-hydrogen) atoms. The number of aliphatic carboxylic acids is 1. The molecule has 1 aromatic rings. The Hall–Kier alpha value is -4.03. The molecular weight excluding hydrogens is 616 g/mol. The van der Waals surface area contributed by atoms with Gasteiger partial charge in [-0.15, -0.1) is 0 Å². The van der Waals surface area contributed by atoms with Gasteiger partial charge in [0.25, 0.3) is 0 Å². The maximum Gasteiger partial charge on any atom is 0.326 e. The Bertz CT molecular complexity index is 1430. The molecule has 264 valence electrons. The Kier molecular flexibility index (Phi) is 10.3. The molecule has 6 rings (SSSR count). The summed E-state index contributed by atoms with van der Waals surface area (Å²) in [6.45, 7) is 1.96. The number of nitrogens with zero attached hydrogens (tertiary/aromatic N) is 2. The van der Waals surface area contributed by atoms with Gasteiger partial charge in [0, 0.05) is 25.9 Å². The van der Waals surface area contributed by atoms with Gasteiger partial charge in [0.05, 0.1) is 15.6 Å². The van der Waals surface area contributed by atoms with Crippen LogP contribution < -0.4 is 31.6 Å². The molecule has 13 nitrogen and oxygen atoms in total. The van der Waals surface area contributed by atoms with E-state index in [1.165, 1.54) is 45.3 Å². The van der Waals surface area contributed by atoms with E-state index in [4.69, 9.17) is 20.9 Å². The van der Waals surface area contributed by atoms with Gasteiger partial charge in [-0.2, -0.15) is 0 Å². The Balaban J connectivity index is 1.36. The molecule has 1 aromatic carbocycles. The molecule has 0 radical (unpaired) electrons. The van der Waals surface area contributed by atoms with Crippen LogP contribution in [0.3, 0.4) is 0 Å². The van der Waals surface area contributed by atoms with Crippen LogP contribution in [0.25, 0.3) is 0 Å². The number of methoxy groups -OCH3 is 2. The molecule has 1 heterocycles. The van der Waals surface area contributed by atoms with Gasteiger partial charge in [-0.25, -0.2) is 4.79 Å². The van der Waals surface area contributed by atoms with Crippen LogP contribution in [0.2, 0.25) is 0 Å². The van der Waals surface area contributed by atoms with Gasteiger partial charge in [0.1, 0.15) is 17.6 Å². The van der Waals surface area contributed by atoms with E-state index in [0.29, 0.717) is 47.7 Å². The number of nitrogens with one attached hydrogen (secondary N) is 2. The topological polar surface area (TPSA) is 199 Å². The molecule has 4 aliphatic carbocycles. The number of rotatable bonds is 15. The number of hydrogen-bond donors (Lipinski definition) is 5. The average Bonchev–Trinajstić information content (AvgIpc) is 3.44. The number of carboxylic acid groups (broad SMARTS) is 1. The third-order valence-corrected chi connectivity index (χ3v) is 10.8. The summed E-state index contributed by atoms with van der Waals surface area (Å²) in [7, 11) is 2.98. The number of carbonyl (C=O) groups is 4. The minimum Gasteiger partial charge on any atom is -0.493 e. The first-order valence-corrected chi connectivity index (χ1v) is 17.1. The number of nitrogens with two attached hydrogens (primary N) is 2. The highest BCUT2D eigenvalue weighted by Gasteiger charge is 2.52. The maximum absolute atomic E-state index is 14.2. The van der Waals surface area contributed by atoms with Crippen LogP contribution >= 0.6 is 0 Å². The smallest absolute Gasteiger partial charge is 0.326 e. The second kappa shape index (κ2) is 14.6. The van der Waals surface area contributed by atoms with Crippen molar-refractivity contribution in [1.29, 1.82) is 0 Å². The fourth-order valence-electron chi connectivity index (χ4n) is 9.09. The first-order valence-electron chi connectivity index (χ1n) is 17.6. The van der Waals surface area contributed by atoms with Gasteiger partial charge in [0.15, 0.2) is 17.5 Å². The number of guanidine groups is 1. The zero-order valence-electron chi connectivity index (χ0n) is 29.4. The predicted octanol–water partition coefficient (Wildman–Crippen LogP) is 2.34. The molecule has 13 heteroatoms. The van der Waals surface area contributed by atoms with E-state index in [1.807, 2.05) is 0 Å². The summed E-state index contributed by atoms with van der Waals surface area (Å²) < 4.78 is 20.2. The lowest BCUT2D eigenvalue weighted by molar-refractivity contribution is -0.146. The third kappa shape index (κ3) is 7.98. The number of carbonyl (C=O) groups excluding carboxylic acids is 3. The predicted molar refractivity (Wildman–Crippen MR) is 179 cm³/mol. The van der Waals surface area contributed by atoms with Crippen molar-refractivity contribution in [2.24, 2.45) is 39.6 Å². The summed E-state index contributed by atoms with van der Waals surface area (Å²) in [5.41, 5.74) is 9.58. The van der Waals surface area contributed by atoms with E-state index >= 15 is 0 Å². The van der Waals surface area contributed by atoms with Crippen LogP contribution in [0.5, 0.6) is 11.5 Å². The van der Waals surface area contributed by atoms with E-state index < -0.39 is 35.4 Å². The molecule has 0 aromatic heterocycles. The lowest BCUT2D eigenvalue weighted by atomic mass is 9.49. The molecule has 1 aliphatic heterocycles. The summed E-state index contributed by atoms with van der Waals surface area (Å²) >= 11 is 0. The number of likely N-dealkylation sites (tertiary alicyclic amines) is 1. The molecule has 0 spiro atoms. The maximum atomic E-state index is 14.2. The van der Waals surface area contributed by atoms with Gasteiger partial charge in [0.2, 0.25) is 17.7 Å². The van der Waals surface area contributed by atoms with Crippen molar-refractivity contribution in [2.45, 2.75) is 102 Å².